The van der Waals surface area contributed by atoms with Crippen molar-refractivity contribution >= 4 is 11.6 Å². The second-order valence-corrected chi connectivity index (χ2v) is 7.96. The largest absolute Gasteiger partial charge is 0.491 e. The number of aliphatic hydroxyl groups is 4. The van der Waals surface area contributed by atoms with Crippen LogP contribution in [-0.4, -0.2) is 58.1 Å². The van der Waals surface area contributed by atoms with Gasteiger partial charge >= 0.3 is 0 Å². The van der Waals surface area contributed by atoms with Crippen LogP contribution in [0.5, 0.6) is 5.75 Å². The molecule has 0 aliphatic carbocycles. The van der Waals surface area contributed by atoms with E-state index in [0.717, 1.165) is 16.7 Å². The minimum atomic E-state index is -1.46. The molecule has 2 aromatic carbocycles. The Morgan fingerprint density at radius 2 is 1.83 bits per heavy atom. The van der Waals surface area contributed by atoms with Crippen LogP contribution in [-0.2, 0) is 17.6 Å². The van der Waals surface area contributed by atoms with Gasteiger partial charge in [-0.15, -0.1) is 0 Å². The number of hydrogen-bond acceptors (Lipinski definition) is 7. The Bertz CT molecular complexity index is 971. The van der Waals surface area contributed by atoms with Crippen LogP contribution in [0, 0.1) is 11.3 Å². The summed E-state index contributed by atoms with van der Waals surface area (Å²) >= 11 is 6.61. The fourth-order valence-electron chi connectivity index (χ4n) is 4.07. The molecule has 4 rings (SSSR count). The van der Waals surface area contributed by atoms with Crippen molar-refractivity contribution in [2.75, 3.05) is 13.2 Å². The van der Waals surface area contributed by atoms with Crippen LogP contribution >= 0.6 is 11.6 Å². The van der Waals surface area contributed by atoms with E-state index in [0.29, 0.717) is 41.3 Å². The van der Waals surface area contributed by atoms with Gasteiger partial charge < -0.3 is 29.9 Å². The van der Waals surface area contributed by atoms with E-state index in [4.69, 9.17) is 26.3 Å². The molecule has 4 N–H and O–H groups in total. The van der Waals surface area contributed by atoms with Crippen molar-refractivity contribution in [3.05, 3.63) is 63.2 Å². The van der Waals surface area contributed by atoms with Gasteiger partial charge in [-0.1, -0.05) is 29.8 Å². The predicted molar refractivity (Wildman–Crippen MR) is 107 cm³/mol. The molecule has 0 aromatic heterocycles. The summed E-state index contributed by atoms with van der Waals surface area (Å²) in [5.74, 6) is 0.523. The first-order valence-corrected chi connectivity index (χ1v) is 10.1. The van der Waals surface area contributed by atoms with Crippen molar-refractivity contribution < 1.29 is 29.9 Å². The van der Waals surface area contributed by atoms with Crippen molar-refractivity contribution in [2.45, 2.75) is 43.4 Å². The highest BCUT2D eigenvalue weighted by Crippen LogP contribution is 2.44. The molecule has 1 fully saturated rings. The molecule has 2 heterocycles. The Labute approximate surface area is 178 Å². The first-order valence-electron chi connectivity index (χ1n) is 9.71. The van der Waals surface area contributed by atoms with Gasteiger partial charge in [-0.25, -0.2) is 0 Å². The molecule has 0 saturated carbocycles. The minimum absolute atomic E-state index is 0.430. The molecule has 1 saturated heterocycles. The lowest BCUT2D eigenvalue weighted by molar-refractivity contribution is -0.231. The SMILES string of the molecule is N#Cc1ccc(Cc2cc([C@@H]3OC(CO)[C@@H](O)[C@H](O)[C@H]3O)c3c(c2Cl)OCC3)cc1. The van der Waals surface area contributed by atoms with Crippen molar-refractivity contribution in [3.8, 4) is 11.8 Å². The van der Waals surface area contributed by atoms with Gasteiger partial charge in [0.2, 0.25) is 0 Å². The summed E-state index contributed by atoms with van der Waals surface area (Å²) in [6.45, 7) is -0.0639. The van der Waals surface area contributed by atoms with Gasteiger partial charge in [0.05, 0.1) is 29.9 Å². The second-order valence-electron chi connectivity index (χ2n) is 7.58. The Morgan fingerprint density at radius 1 is 1.10 bits per heavy atom. The van der Waals surface area contributed by atoms with Gasteiger partial charge in [0.25, 0.3) is 0 Å². The number of ether oxygens (including phenoxy) is 2. The normalized spacial score (nSPS) is 27.9. The molecule has 0 bridgehead atoms. The Morgan fingerprint density at radius 3 is 2.50 bits per heavy atom. The maximum atomic E-state index is 10.6. The summed E-state index contributed by atoms with van der Waals surface area (Å²) in [6, 6.07) is 11.0. The Balaban J connectivity index is 1.74. The van der Waals surface area contributed by atoms with E-state index in [2.05, 4.69) is 6.07 Å². The van der Waals surface area contributed by atoms with Crippen LogP contribution in [0.3, 0.4) is 0 Å². The predicted octanol–water partition coefficient (Wildman–Crippen LogP) is 1.25. The summed E-state index contributed by atoms with van der Waals surface area (Å²) in [4.78, 5) is 0. The third kappa shape index (κ3) is 3.67. The Hall–Kier alpha value is -2.18. The molecule has 5 atom stereocenters. The lowest BCUT2D eigenvalue weighted by Gasteiger charge is -2.40. The van der Waals surface area contributed by atoms with Crippen molar-refractivity contribution in [1.29, 1.82) is 5.26 Å². The molecule has 2 aliphatic rings. The molecule has 2 aliphatic heterocycles. The molecule has 2 aromatic rings. The molecular formula is C22H22ClNO6. The first-order chi connectivity index (χ1) is 14.4. The summed E-state index contributed by atoms with van der Waals surface area (Å²) in [6.07, 6.45) is -5.18. The number of halogens is 1. The maximum Gasteiger partial charge on any atom is 0.141 e. The molecule has 7 nitrogen and oxygen atoms in total. The number of nitriles is 1. The highest BCUT2D eigenvalue weighted by atomic mass is 35.5. The summed E-state index contributed by atoms with van der Waals surface area (Å²) in [5.41, 5.74) is 3.65. The van der Waals surface area contributed by atoms with Crippen LogP contribution in [0.15, 0.2) is 30.3 Å². The zero-order valence-corrected chi connectivity index (χ0v) is 16.8. The number of nitrogens with zero attached hydrogens (tertiary/aromatic N) is 1. The molecule has 158 valence electrons. The van der Waals surface area contributed by atoms with Gasteiger partial charge in [0.15, 0.2) is 0 Å². The van der Waals surface area contributed by atoms with Crippen LogP contribution in [0.4, 0.5) is 0 Å². The third-order valence-electron chi connectivity index (χ3n) is 5.71. The number of benzene rings is 2. The van der Waals surface area contributed by atoms with Crippen LogP contribution in [0.1, 0.15) is 33.9 Å². The highest BCUT2D eigenvalue weighted by Gasteiger charge is 2.45. The first kappa shape index (κ1) is 21.1. The van der Waals surface area contributed by atoms with Gasteiger partial charge in [-0.2, -0.15) is 5.26 Å². The highest BCUT2D eigenvalue weighted by molar-refractivity contribution is 6.33. The maximum absolute atomic E-state index is 10.6. The van der Waals surface area contributed by atoms with Gasteiger partial charge in [0, 0.05) is 12.0 Å². The zero-order valence-electron chi connectivity index (χ0n) is 16.0. The lowest BCUT2D eigenvalue weighted by Crippen LogP contribution is -2.55. The fraction of sp³-hybridized carbons (Fsp3) is 0.409. The van der Waals surface area contributed by atoms with E-state index in [1.54, 1.807) is 12.1 Å². The second kappa shape index (κ2) is 8.52. The molecule has 0 amide bonds. The van der Waals surface area contributed by atoms with Crippen LogP contribution in [0.25, 0.3) is 0 Å². The Kier molecular flexibility index (Phi) is 5.98. The summed E-state index contributed by atoms with van der Waals surface area (Å²) in [7, 11) is 0. The van der Waals surface area contributed by atoms with E-state index in [1.165, 1.54) is 0 Å². The number of fused-ring (bicyclic) bond motifs is 1. The van der Waals surface area contributed by atoms with Gasteiger partial charge in [-0.3, -0.25) is 0 Å². The summed E-state index contributed by atoms with van der Waals surface area (Å²) in [5, 5.41) is 49.9. The number of aliphatic hydroxyl groups excluding tert-OH is 4. The average Bonchev–Trinajstić information content (AvgIpc) is 3.26. The minimum Gasteiger partial charge on any atom is -0.491 e. The third-order valence-corrected chi connectivity index (χ3v) is 6.12. The molecular weight excluding hydrogens is 410 g/mol. The van der Waals surface area contributed by atoms with Crippen molar-refractivity contribution in [1.82, 2.24) is 0 Å². The van der Waals surface area contributed by atoms with E-state index in [9.17, 15) is 20.4 Å². The van der Waals surface area contributed by atoms with E-state index in [1.807, 2.05) is 18.2 Å². The van der Waals surface area contributed by atoms with Gasteiger partial charge in [-0.05, 0) is 35.2 Å². The fourth-order valence-corrected chi connectivity index (χ4v) is 4.36. The number of rotatable bonds is 4. The van der Waals surface area contributed by atoms with E-state index >= 15 is 0 Å². The molecule has 0 radical (unpaired) electrons. The van der Waals surface area contributed by atoms with E-state index in [-0.39, 0.29) is 0 Å². The van der Waals surface area contributed by atoms with Crippen LogP contribution in [0.2, 0.25) is 5.02 Å². The number of hydrogen-bond donors (Lipinski definition) is 4. The van der Waals surface area contributed by atoms with Crippen molar-refractivity contribution in [3.63, 3.8) is 0 Å². The lowest BCUT2D eigenvalue weighted by atomic mass is 9.87. The van der Waals surface area contributed by atoms with Gasteiger partial charge in [0.1, 0.15) is 36.3 Å². The quantitative estimate of drug-likeness (QED) is 0.574. The topological polar surface area (TPSA) is 123 Å². The molecule has 30 heavy (non-hydrogen) atoms. The standard InChI is InChI=1S/C22H22ClNO6/c23-17-13(7-11-1-3-12(9-24)4-2-11)8-15(14-5-6-29-21(14)17)22-20(28)19(27)18(26)16(10-25)30-22/h1-4,8,16,18-20,22,25-28H,5-7,10H2/t16?,18-,19+,20-,22+/m1/s1. The average molecular weight is 432 g/mol. The van der Waals surface area contributed by atoms with Crippen LogP contribution < -0.4 is 4.74 Å². The molecule has 8 heteroatoms. The monoisotopic (exact) mass is 431 g/mol. The molecule has 0 spiro atoms. The zero-order chi connectivity index (χ0) is 21.4. The van der Waals surface area contributed by atoms with Crippen molar-refractivity contribution in [2.24, 2.45) is 0 Å². The van der Waals surface area contributed by atoms with E-state index < -0.39 is 37.1 Å². The summed E-state index contributed by atoms with van der Waals surface area (Å²) < 4.78 is 11.5. The molecule has 1 unspecified atom stereocenters. The smallest absolute Gasteiger partial charge is 0.141 e.